The summed E-state index contributed by atoms with van der Waals surface area (Å²) in [6.45, 7) is 7.10. The summed E-state index contributed by atoms with van der Waals surface area (Å²) in [4.78, 5) is 33.0. The lowest BCUT2D eigenvalue weighted by atomic mass is 9.93. The van der Waals surface area contributed by atoms with E-state index in [0.29, 0.717) is 0 Å². The van der Waals surface area contributed by atoms with E-state index in [0.717, 1.165) is 13.8 Å². The smallest absolute Gasteiger partial charge is 0.380 e. The van der Waals surface area contributed by atoms with Crippen LogP contribution >= 0.6 is 7.82 Å². The summed E-state index contributed by atoms with van der Waals surface area (Å²) >= 11 is 0. The first-order chi connectivity index (χ1) is 10.1. The van der Waals surface area contributed by atoms with Crippen molar-refractivity contribution in [3.63, 3.8) is 0 Å². The van der Waals surface area contributed by atoms with Crippen molar-refractivity contribution in [3.05, 3.63) is 0 Å². The SMILES string of the molecule is CC(C)C(=O)C(C)(O)COP(=O)(O)OCC(C)(O)C(=O)C(C)C. The number of hydrogen-bond acceptors (Lipinski definition) is 7. The van der Waals surface area contributed by atoms with Crippen LogP contribution < -0.4 is 0 Å². The van der Waals surface area contributed by atoms with Crippen LogP contribution in [-0.4, -0.2) is 51.1 Å². The predicted octanol–water partition coefficient (Wildman–Crippen LogP) is 1.07. The largest absolute Gasteiger partial charge is 0.472 e. The molecule has 136 valence electrons. The fourth-order valence-corrected chi connectivity index (χ4v) is 2.74. The predicted molar refractivity (Wildman–Crippen MR) is 82.7 cm³/mol. The van der Waals surface area contributed by atoms with Crippen molar-refractivity contribution in [2.75, 3.05) is 13.2 Å². The molecule has 0 heterocycles. The van der Waals surface area contributed by atoms with Crippen LogP contribution in [0.3, 0.4) is 0 Å². The summed E-state index contributed by atoms with van der Waals surface area (Å²) < 4.78 is 21.0. The second-order valence-corrected chi connectivity index (χ2v) is 8.05. The van der Waals surface area contributed by atoms with Crippen molar-refractivity contribution in [1.82, 2.24) is 0 Å². The molecule has 0 aliphatic rings. The van der Waals surface area contributed by atoms with Gasteiger partial charge in [0.25, 0.3) is 0 Å². The number of carbonyl (C=O) groups excluding carboxylic acids is 2. The first-order valence-electron chi connectivity index (χ1n) is 7.27. The van der Waals surface area contributed by atoms with E-state index in [9.17, 15) is 29.3 Å². The zero-order valence-electron chi connectivity index (χ0n) is 14.4. The molecule has 3 N–H and O–H groups in total. The standard InChI is InChI=1S/C14H27O8P/c1-9(2)11(15)13(5,17)7-21-23(19,20)22-8-14(6,18)12(16)10(3)4/h9-10,17-18H,7-8H2,1-6H3,(H,19,20). The van der Waals surface area contributed by atoms with Gasteiger partial charge >= 0.3 is 7.82 Å². The zero-order valence-corrected chi connectivity index (χ0v) is 15.3. The summed E-state index contributed by atoms with van der Waals surface area (Å²) in [6, 6.07) is 0. The highest BCUT2D eigenvalue weighted by Gasteiger charge is 2.38. The molecule has 0 aromatic heterocycles. The van der Waals surface area contributed by atoms with Crippen LogP contribution in [0.15, 0.2) is 0 Å². The molecule has 2 unspecified atom stereocenters. The van der Waals surface area contributed by atoms with Gasteiger partial charge < -0.3 is 15.1 Å². The van der Waals surface area contributed by atoms with Gasteiger partial charge in [0.15, 0.2) is 11.6 Å². The summed E-state index contributed by atoms with van der Waals surface area (Å²) in [5, 5.41) is 19.9. The Labute approximate surface area is 136 Å². The minimum absolute atomic E-state index is 0.489. The van der Waals surface area contributed by atoms with Crippen LogP contribution in [0.4, 0.5) is 0 Å². The molecule has 0 amide bonds. The van der Waals surface area contributed by atoms with Gasteiger partial charge in [-0.3, -0.25) is 18.6 Å². The van der Waals surface area contributed by atoms with E-state index in [1.165, 1.54) is 0 Å². The van der Waals surface area contributed by atoms with Gasteiger partial charge in [-0.25, -0.2) is 4.57 Å². The van der Waals surface area contributed by atoms with E-state index >= 15 is 0 Å². The Bertz CT molecular complexity index is 441. The second-order valence-electron chi connectivity index (χ2n) is 6.60. The van der Waals surface area contributed by atoms with Gasteiger partial charge in [0, 0.05) is 11.8 Å². The van der Waals surface area contributed by atoms with Crippen molar-refractivity contribution >= 4 is 19.4 Å². The third-order valence-corrected chi connectivity index (χ3v) is 4.04. The van der Waals surface area contributed by atoms with Crippen molar-refractivity contribution in [2.45, 2.75) is 52.7 Å². The molecule has 0 aromatic carbocycles. The van der Waals surface area contributed by atoms with Crippen LogP contribution in [0.25, 0.3) is 0 Å². The number of rotatable bonds is 10. The summed E-state index contributed by atoms with van der Waals surface area (Å²) in [7, 11) is -4.65. The molecule has 23 heavy (non-hydrogen) atoms. The molecule has 0 radical (unpaired) electrons. The van der Waals surface area contributed by atoms with Crippen LogP contribution in [0.5, 0.6) is 0 Å². The molecule has 2 atom stereocenters. The van der Waals surface area contributed by atoms with Gasteiger partial charge in [-0.05, 0) is 13.8 Å². The molecule has 0 saturated carbocycles. The topological polar surface area (TPSA) is 130 Å². The lowest BCUT2D eigenvalue weighted by Gasteiger charge is -2.27. The highest BCUT2D eigenvalue weighted by Crippen LogP contribution is 2.44. The van der Waals surface area contributed by atoms with Gasteiger partial charge in [-0.15, -0.1) is 0 Å². The third-order valence-electron chi connectivity index (χ3n) is 3.13. The van der Waals surface area contributed by atoms with Crippen molar-refractivity contribution < 1.29 is 38.3 Å². The molecule has 0 bridgehead atoms. The second kappa shape index (κ2) is 7.96. The lowest BCUT2D eigenvalue weighted by molar-refractivity contribution is -0.143. The summed E-state index contributed by atoms with van der Waals surface area (Å²) in [5.74, 6) is -2.09. The minimum atomic E-state index is -4.65. The van der Waals surface area contributed by atoms with Crippen molar-refractivity contribution in [2.24, 2.45) is 11.8 Å². The van der Waals surface area contributed by atoms with E-state index < -0.39 is 55.6 Å². The van der Waals surface area contributed by atoms with Gasteiger partial charge in [0.1, 0.15) is 11.2 Å². The van der Waals surface area contributed by atoms with Crippen LogP contribution in [0.1, 0.15) is 41.5 Å². The van der Waals surface area contributed by atoms with Gasteiger partial charge in [-0.1, -0.05) is 27.7 Å². The normalized spacial score (nSPS) is 20.0. The van der Waals surface area contributed by atoms with E-state index in [1.54, 1.807) is 27.7 Å². The quantitative estimate of drug-likeness (QED) is 0.497. The summed E-state index contributed by atoms with van der Waals surface area (Å²) in [5.41, 5.74) is -3.90. The zero-order chi connectivity index (χ0) is 18.6. The Morgan fingerprint density at radius 1 is 0.913 bits per heavy atom. The fourth-order valence-electron chi connectivity index (χ4n) is 1.84. The molecule has 9 heteroatoms. The molecule has 0 aliphatic carbocycles. The van der Waals surface area contributed by atoms with Crippen molar-refractivity contribution in [3.8, 4) is 0 Å². The Morgan fingerprint density at radius 3 is 1.39 bits per heavy atom. The van der Waals surface area contributed by atoms with Crippen molar-refractivity contribution in [1.29, 1.82) is 0 Å². The van der Waals surface area contributed by atoms with Crippen LogP contribution in [-0.2, 0) is 23.2 Å². The highest BCUT2D eigenvalue weighted by atomic mass is 31.2. The number of Topliss-reactive ketones (excluding diaryl/α,β-unsaturated/α-hetero) is 2. The third kappa shape index (κ3) is 7.20. The monoisotopic (exact) mass is 354 g/mol. The highest BCUT2D eigenvalue weighted by molar-refractivity contribution is 7.47. The first-order valence-corrected chi connectivity index (χ1v) is 8.77. The van der Waals surface area contributed by atoms with Crippen LogP contribution in [0.2, 0.25) is 0 Å². The molecular formula is C14H27O8P. The molecule has 8 nitrogen and oxygen atoms in total. The Morgan fingerprint density at radius 2 is 1.17 bits per heavy atom. The van der Waals surface area contributed by atoms with Gasteiger partial charge in [0.05, 0.1) is 13.2 Å². The molecule has 0 aliphatic heterocycles. The van der Waals surface area contributed by atoms with Gasteiger partial charge in [0.2, 0.25) is 0 Å². The molecule has 0 spiro atoms. The maximum Gasteiger partial charge on any atom is 0.472 e. The molecule has 0 fully saturated rings. The van der Waals surface area contributed by atoms with E-state index in [1.807, 2.05) is 0 Å². The molecular weight excluding hydrogens is 327 g/mol. The van der Waals surface area contributed by atoms with E-state index in [4.69, 9.17) is 0 Å². The number of carbonyl (C=O) groups is 2. The lowest BCUT2D eigenvalue weighted by Crippen LogP contribution is -2.43. The number of ketones is 2. The maximum atomic E-state index is 11.8. The molecule has 0 rings (SSSR count). The summed E-state index contributed by atoms with van der Waals surface area (Å²) in [6.07, 6.45) is 0. The number of phosphoric ester groups is 1. The number of aliphatic hydroxyl groups is 2. The van der Waals surface area contributed by atoms with Gasteiger partial charge in [-0.2, -0.15) is 0 Å². The Hall–Kier alpha value is -0.630. The number of phosphoric acid groups is 1. The Balaban J connectivity index is 4.71. The first kappa shape index (κ1) is 22.4. The number of hydrogen-bond donors (Lipinski definition) is 3. The Kier molecular flexibility index (Phi) is 7.74. The fraction of sp³-hybridized carbons (Fsp3) is 0.857. The average Bonchev–Trinajstić information content (AvgIpc) is 2.41. The molecule has 0 aromatic rings. The van der Waals surface area contributed by atoms with E-state index in [-0.39, 0.29) is 0 Å². The maximum absolute atomic E-state index is 11.8. The average molecular weight is 354 g/mol. The van der Waals surface area contributed by atoms with E-state index in [2.05, 4.69) is 9.05 Å². The molecule has 0 saturated heterocycles. The minimum Gasteiger partial charge on any atom is -0.380 e. The van der Waals surface area contributed by atoms with Crippen LogP contribution in [0, 0.1) is 11.8 Å².